The van der Waals surface area contributed by atoms with Gasteiger partial charge in [0.05, 0.1) is 12.2 Å². The molecular formula is C26H40ClFO2. The zero-order chi connectivity index (χ0) is 23.1. The number of ether oxygens (including phenoxy) is 1. The molecule has 1 heterocycles. The summed E-state index contributed by atoms with van der Waals surface area (Å²) in [6.45, 7) is 16.4. The highest BCUT2D eigenvalue weighted by atomic mass is 35.5. The summed E-state index contributed by atoms with van der Waals surface area (Å²) in [5, 5.41) is 0.737. The highest BCUT2D eigenvalue weighted by Gasteiger charge is 2.26. The van der Waals surface area contributed by atoms with E-state index in [1.54, 1.807) is 12.1 Å². The third-order valence-electron chi connectivity index (χ3n) is 4.60. The summed E-state index contributed by atoms with van der Waals surface area (Å²) in [4.78, 5) is 3.72. The van der Waals surface area contributed by atoms with E-state index in [1.807, 2.05) is 59.7 Å². The molecule has 3 atom stereocenters. The van der Waals surface area contributed by atoms with E-state index in [4.69, 9.17) is 16.3 Å². The normalized spacial score (nSPS) is 19.7. The van der Waals surface area contributed by atoms with E-state index >= 15 is 0 Å². The number of halogens is 2. The van der Waals surface area contributed by atoms with Gasteiger partial charge < -0.3 is 4.74 Å². The Kier molecular flexibility index (Phi) is 15.3. The lowest BCUT2D eigenvalue weighted by Gasteiger charge is -2.32. The lowest BCUT2D eigenvalue weighted by Crippen LogP contribution is -2.24. The molecule has 170 valence electrons. The Morgan fingerprint density at radius 3 is 2.07 bits per heavy atom. The average Bonchev–Trinajstić information content (AvgIpc) is 2.79. The predicted molar refractivity (Wildman–Crippen MR) is 128 cm³/mol. The fourth-order valence-electron chi connectivity index (χ4n) is 3.44. The van der Waals surface area contributed by atoms with Crippen molar-refractivity contribution in [3.63, 3.8) is 0 Å². The Hall–Kier alpha value is -1.58. The van der Waals surface area contributed by atoms with Gasteiger partial charge in [-0.2, -0.15) is 0 Å². The van der Waals surface area contributed by atoms with Crippen molar-refractivity contribution in [3.8, 4) is 5.75 Å². The molecule has 0 radical (unpaired) electrons. The fraction of sp³-hybridized carbons (Fsp3) is 0.538. The van der Waals surface area contributed by atoms with Gasteiger partial charge in [0, 0.05) is 9.55 Å². The van der Waals surface area contributed by atoms with Crippen molar-refractivity contribution < 1.29 is 14.2 Å². The zero-order valence-corrected chi connectivity index (χ0v) is 20.7. The molecule has 1 aliphatic rings. The maximum atomic E-state index is 12.1. The molecule has 0 amide bonds. The van der Waals surface area contributed by atoms with Gasteiger partial charge in [0.25, 0.3) is 0 Å². The van der Waals surface area contributed by atoms with Crippen LogP contribution in [0.15, 0.2) is 42.5 Å². The van der Waals surface area contributed by atoms with Crippen molar-refractivity contribution in [2.75, 3.05) is 0 Å². The van der Waals surface area contributed by atoms with Gasteiger partial charge in [-0.05, 0) is 67.0 Å². The molecule has 2 aromatic carbocycles. The predicted octanol–water partition coefficient (Wildman–Crippen LogP) is 9.15. The SMILES string of the molecule is CC.CC.CC.C[C@H]1C[C@@H](C)O[C@@H](c2ccc(Cl)c(Cc3ccc(OF)cc3)c2)C1. The maximum Gasteiger partial charge on any atom is 0.171 e. The number of hydrogen-bond acceptors (Lipinski definition) is 2. The molecule has 1 fully saturated rings. The Morgan fingerprint density at radius 1 is 0.933 bits per heavy atom. The van der Waals surface area contributed by atoms with Gasteiger partial charge >= 0.3 is 0 Å². The van der Waals surface area contributed by atoms with E-state index in [0.29, 0.717) is 12.3 Å². The van der Waals surface area contributed by atoms with Crippen LogP contribution in [-0.4, -0.2) is 6.10 Å². The average molecular weight is 439 g/mol. The first-order valence-corrected chi connectivity index (χ1v) is 11.7. The molecule has 0 saturated carbocycles. The van der Waals surface area contributed by atoms with Gasteiger partial charge in [0.1, 0.15) is 0 Å². The molecule has 0 unspecified atom stereocenters. The molecule has 1 saturated heterocycles. The molecular weight excluding hydrogens is 399 g/mol. The van der Waals surface area contributed by atoms with E-state index < -0.39 is 0 Å². The van der Waals surface area contributed by atoms with Gasteiger partial charge in [-0.25, -0.2) is 0 Å². The first-order chi connectivity index (χ1) is 14.5. The summed E-state index contributed by atoms with van der Waals surface area (Å²) in [6, 6.07) is 13.1. The molecule has 4 heteroatoms. The standard InChI is InChI=1S/C20H22ClFO2.3C2H6/c1-13-9-14(2)23-20(10-13)16-5-8-19(21)17(12-16)11-15-3-6-18(24-22)7-4-15;3*1-2/h3-8,12-14,20H,9-11H2,1-2H3;3*1-2H3/t13-,14+,20+;;;/m0.../s1. The van der Waals surface area contributed by atoms with E-state index in [0.717, 1.165) is 29.0 Å². The maximum absolute atomic E-state index is 12.1. The number of hydrogen-bond donors (Lipinski definition) is 0. The van der Waals surface area contributed by atoms with Crippen LogP contribution in [0.1, 0.15) is 91.0 Å². The van der Waals surface area contributed by atoms with Crippen LogP contribution in [0.4, 0.5) is 4.53 Å². The van der Waals surface area contributed by atoms with Gasteiger partial charge in [-0.3, -0.25) is 4.94 Å². The van der Waals surface area contributed by atoms with Gasteiger partial charge in [-0.1, -0.05) is 84.3 Å². The van der Waals surface area contributed by atoms with Crippen molar-refractivity contribution in [1.29, 1.82) is 0 Å². The summed E-state index contributed by atoms with van der Waals surface area (Å²) in [5.41, 5.74) is 3.29. The molecule has 0 N–H and O–H groups in total. The topological polar surface area (TPSA) is 18.5 Å². The minimum atomic E-state index is 0.127. The molecule has 2 aromatic rings. The lowest BCUT2D eigenvalue weighted by atomic mass is 9.89. The molecule has 0 bridgehead atoms. The van der Waals surface area contributed by atoms with Crippen LogP contribution >= 0.6 is 11.6 Å². The van der Waals surface area contributed by atoms with Gasteiger partial charge in [0.15, 0.2) is 5.75 Å². The number of benzene rings is 2. The third-order valence-corrected chi connectivity index (χ3v) is 4.96. The van der Waals surface area contributed by atoms with Crippen molar-refractivity contribution in [2.24, 2.45) is 5.92 Å². The third kappa shape index (κ3) is 9.06. The molecule has 30 heavy (non-hydrogen) atoms. The summed E-state index contributed by atoms with van der Waals surface area (Å²) < 4.78 is 18.3. The largest absolute Gasteiger partial charge is 0.371 e. The van der Waals surface area contributed by atoms with E-state index in [9.17, 15) is 4.53 Å². The quantitative estimate of drug-likeness (QED) is 0.473. The van der Waals surface area contributed by atoms with E-state index in [1.165, 1.54) is 5.56 Å². The summed E-state index contributed by atoms with van der Waals surface area (Å²) in [5.74, 6) is 0.864. The minimum absolute atomic E-state index is 0.127. The van der Waals surface area contributed by atoms with Gasteiger partial charge in [-0.15, -0.1) is 0 Å². The Morgan fingerprint density at radius 2 is 1.53 bits per heavy atom. The first-order valence-electron chi connectivity index (χ1n) is 11.4. The second-order valence-electron chi connectivity index (χ2n) is 6.76. The Balaban J connectivity index is 0.00000129. The molecule has 1 aliphatic heterocycles. The summed E-state index contributed by atoms with van der Waals surface area (Å²) in [6.07, 6.45) is 3.25. The Labute approximate surface area is 188 Å². The second-order valence-corrected chi connectivity index (χ2v) is 7.17. The fourth-order valence-corrected chi connectivity index (χ4v) is 3.63. The monoisotopic (exact) mass is 438 g/mol. The minimum Gasteiger partial charge on any atom is -0.371 e. The molecule has 2 nitrogen and oxygen atoms in total. The van der Waals surface area contributed by atoms with Crippen LogP contribution in [0.25, 0.3) is 0 Å². The smallest absolute Gasteiger partial charge is 0.171 e. The molecule has 0 aliphatic carbocycles. The highest BCUT2D eigenvalue weighted by Crippen LogP contribution is 2.36. The summed E-state index contributed by atoms with van der Waals surface area (Å²) >= 11 is 6.38. The molecule has 3 rings (SSSR count). The lowest BCUT2D eigenvalue weighted by molar-refractivity contribution is -0.0604. The van der Waals surface area contributed by atoms with Crippen molar-refractivity contribution >= 4 is 11.6 Å². The van der Waals surface area contributed by atoms with E-state index in [-0.39, 0.29) is 18.0 Å². The zero-order valence-electron chi connectivity index (χ0n) is 20.0. The Bertz CT molecular complexity index is 678. The van der Waals surface area contributed by atoms with Crippen LogP contribution in [0.5, 0.6) is 5.75 Å². The highest BCUT2D eigenvalue weighted by molar-refractivity contribution is 6.31. The van der Waals surface area contributed by atoms with Crippen LogP contribution in [-0.2, 0) is 11.2 Å². The molecule has 0 spiro atoms. The van der Waals surface area contributed by atoms with Crippen LogP contribution < -0.4 is 4.94 Å². The van der Waals surface area contributed by atoms with Crippen molar-refractivity contribution in [3.05, 3.63) is 64.2 Å². The molecule has 0 aromatic heterocycles. The van der Waals surface area contributed by atoms with Crippen LogP contribution in [0, 0.1) is 5.92 Å². The van der Waals surface area contributed by atoms with Crippen LogP contribution in [0.2, 0.25) is 5.02 Å². The van der Waals surface area contributed by atoms with Crippen molar-refractivity contribution in [1.82, 2.24) is 0 Å². The van der Waals surface area contributed by atoms with Gasteiger partial charge in [0.2, 0.25) is 0 Å². The number of rotatable bonds is 4. The van der Waals surface area contributed by atoms with Crippen molar-refractivity contribution in [2.45, 2.75) is 86.9 Å². The summed E-state index contributed by atoms with van der Waals surface area (Å²) in [7, 11) is 0. The second kappa shape index (κ2) is 16.2. The van der Waals surface area contributed by atoms with Crippen LogP contribution in [0.3, 0.4) is 0 Å². The first kappa shape index (κ1) is 28.4. The van der Waals surface area contributed by atoms with E-state index in [2.05, 4.69) is 30.9 Å².